The molecule has 0 aliphatic carbocycles. The summed E-state index contributed by atoms with van der Waals surface area (Å²) < 4.78 is 0. The first kappa shape index (κ1) is 12.1. The van der Waals surface area contributed by atoms with Gasteiger partial charge in [0.05, 0.1) is 5.56 Å². The van der Waals surface area contributed by atoms with Crippen molar-refractivity contribution in [1.29, 1.82) is 0 Å². The minimum atomic E-state index is 0.132. The highest BCUT2D eigenvalue weighted by Crippen LogP contribution is 2.18. The summed E-state index contributed by atoms with van der Waals surface area (Å²) in [5, 5.41) is 0. The zero-order valence-electron chi connectivity index (χ0n) is 10.6. The number of hydrogen-bond donors (Lipinski definition) is 0. The zero-order valence-corrected chi connectivity index (χ0v) is 10.6. The molecule has 1 fully saturated rings. The van der Waals surface area contributed by atoms with Crippen molar-refractivity contribution >= 4 is 5.91 Å². The van der Waals surface area contributed by atoms with E-state index >= 15 is 0 Å². The molecule has 1 atom stereocenters. The number of pyridine rings is 1. The SMILES string of the molecule is CCc1ccc(C(=O)N2CCCCC2C)cn1. The highest BCUT2D eigenvalue weighted by molar-refractivity contribution is 5.94. The number of rotatable bonds is 2. The molecule has 0 N–H and O–H groups in total. The highest BCUT2D eigenvalue weighted by Gasteiger charge is 2.24. The number of carbonyl (C=O) groups is 1. The van der Waals surface area contributed by atoms with E-state index in [9.17, 15) is 4.79 Å². The van der Waals surface area contributed by atoms with Crippen molar-refractivity contribution in [3.63, 3.8) is 0 Å². The van der Waals surface area contributed by atoms with Gasteiger partial charge in [0, 0.05) is 24.5 Å². The van der Waals surface area contributed by atoms with Crippen molar-refractivity contribution in [1.82, 2.24) is 9.88 Å². The quantitative estimate of drug-likeness (QED) is 0.785. The van der Waals surface area contributed by atoms with Crippen LogP contribution in [0.4, 0.5) is 0 Å². The maximum atomic E-state index is 12.3. The standard InChI is InChI=1S/C14H20N2O/c1-3-13-8-7-12(10-15-13)14(17)16-9-5-4-6-11(16)2/h7-8,10-11H,3-6,9H2,1-2H3. The van der Waals surface area contributed by atoms with Gasteiger partial charge < -0.3 is 4.90 Å². The van der Waals surface area contributed by atoms with Crippen LogP contribution in [0.2, 0.25) is 0 Å². The highest BCUT2D eigenvalue weighted by atomic mass is 16.2. The Labute approximate surface area is 103 Å². The molecular formula is C14H20N2O. The lowest BCUT2D eigenvalue weighted by Gasteiger charge is -2.33. The molecule has 3 heteroatoms. The van der Waals surface area contributed by atoms with Gasteiger partial charge in [0.2, 0.25) is 0 Å². The minimum Gasteiger partial charge on any atom is -0.336 e. The molecular weight excluding hydrogens is 212 g/mol. The minimum absolute atomic E-state index is 0.132. The summed E-state index contributed by atoms with van der Waals surface area (Å²) in [4.78, 5) is 18.6. The van der Waals surface area contributed by atoms with Crippen LogP contribution in [0.25, 0.3) is 0 Å². The summed E-state index contributed by atoms with van der Waals surface area (Å²) >= 11 is 0. The van der Waals surface area contributed by atoms with E-state index in [4.69, 9.17) is 0 Å². The van der Waals surface area contributed by atoms with Gasteiger partial charge in [0.15, 0.2) is 0 Å². The van der Waals surface area contributed by atoms with Crippen LogP contribution in [-0.4, -0.2) is 28.4 Å². The van der Waals surface area contributed by atoms with Gasteiger partial charge in [-0.1, -0.05) is 6.92 Å². The van der Waals surface area contributed by atoms with Crippen LogP contribution in [0, 0.1) is 0 Å². The average molecular weight is 232 g/mol. The molecule has 1 aliphatic heterocycles. The molecule has 1 saturated heterocycles. The molecule has 92 valence electrons. The Morgan fingerprint density at radius 2 is 2.29 bits per heavy atom. The number of nitrogens with zero attached hydrogens (tertiary/aromatic N) is 2. The van der Waals surface area contributed by atoms with Gasteiger partial charge in [-0.15, -0.1) is 0 Å². The largest absolute Gasteiger partial charge is 0.336 e. The first-order chi connectivity index (χ1) is 8.22. The lowest BCUT2D eigenvalue weighted by atomic mass is 10.0. The molecule has 0 spiro atoms. The summed E-state index contributed by atoms with van der Waals surface area (Å²) in [6, 6.07) is 4.21. The van der Waals surface area contributed by atoms with E-state index in [1.54, 1.807) is 6.20 Å². The van der Waals surface area contributed by atoms with Crippen molar-refractivity contribution in [3.8, 4) is 0 Å². The van der Waals surface area contributed by atoms with E-state index in [0.29, 0.717) is 6.04 Å². The van der Waals surface area contributed by atoms with Crippen molar-refractivity contribution in [2.24, 2.45) is 0 Å². The molecule has 2 rings (SSSR count). The normalized spacial score (nSPS) is 20.4. The van der Waals surface area contributed by atoms with E-state index < -0.39 is 0 Å². The molecule has 0 aromatic carbocycles. The number of carbonyl (C=O) groups excluding carboxylic acids is 1. The third-order valence-corrected chi connectivity index (χ3v) is 3.50. The molecule has 2 heterocycles. The van der Waals surface area contributed by atoms with Gasteiger partial charge in [-0.25, -0.2) is 0 Å². The van der Waals surface area contributed by atoms with Gasteiger partial charge in [-0.2, -0.15) is 0 Å². The number of aromatic nitrogens is 1. The Bertz CT molecular complexity index is 386. The van der Waals surface area contributed by atoms with Crippen LogP contribution in [0.5, 0.6) is 0 Å². The molecule has 1 aromatic heterocycles. The summed E-state index contributed by atoms with van der Waals surface area (Å²) in [6.07, 6.45) is 6.10. The predicted molar refractivity (Wildman–Crippen MR) is 68.0 cm³/mol. The number of piperidine rings is 1. The number of aryl methyl sites for hydroxylation is 1. The Balaban J connectivity index is 2.12. The molecule has 3 nitrogen and oxygen atoms in total. The zero-order chi connectivity index (χ0) is 12.3. The molecule has 1 unspecified atom stereocenters. The van der Waals surface area contributed by atoms with Crippen LogP contribution in [0.1, 0.15) is 49.2 Å². The summed E-state index contributed by atoms with van der Waals surface area (Å²) in [5.74, 6) is 0.132. The lowest BCUT2D eigenvalue weighted by molar-refractivity contribution is 0.0635. The molecule has 1 amide bonds. The van der Waals surface area contributed by atoms with Crippen LogP contribution >= 0.6 is 0 Å². The molecule has 1 aromatic rings. The molecule has 0 bridgehead atoms. The lowest BCUT2D eigenvalue weighted by Crippen LogP contribution is -2.42. The smallest absolute Gasteiger partial charge is 0.255 e. The number of amides is 1. The first-order valence-corrected chi connectivity index (χ1v) is 6.48. The maximum absolute atomic E-state index is 12.3. The molecule has 17 heavy (non-hydrogen) atoms. The molecule has 0 saturated carbocycles. The summed E-state index contributed by atoms with van der Waals surface area (Å²) in [6.45, 7) is 5.08. The fourth-order valence-corrected chi connectivity index (χ4v) is 2.33. The third kappa shape index (κ3) is 2.65. The first-order valence-electron chi connectivity index (χ1n) is 6.48. The Morgan fingerprint density at radius 1 is 1.47 bits per heavy atom. The van der Waals surface area contributed by atoms with Gasteiger partial charge in [0.25, 0.3) is 5.91 Å². The summed E-state index contributed by atoms with van der Waals surface area (Å²) in [7, 11) is 0. The van der Waals surface area contributed by atoms with Gasteiger partial charge in [-0.05, 0) is 44.7 Å². The van der Waals surface area contributed by atoms with E-state index in [2.05, 4.69) is 18.8 Å². The Hall–Kier alpha value is -1.38. The van der Waals surface area contributed by atoms with Crippen LogP contribution in [0.3, 0.4) is 0 Å². The van der Waals surface area contributed by atoms with Crippen molar-refractivity contribution in [3.05, 3.63) is 29.6 Å². The van der Waals surface area contributed by atoms with E-state index in [1.807, 2.05) is 17.0 Å². The monoisotopic (exact) mass is 232 g/mol. The molecule has 0 radical (unpaired) electrons. The second-order valence-corrected chi connectivity index (χ2v) is 4.74. The van der Waals surface area contributed by atoms with E-state index in [1.165, 1.54) is 6.42 Å². The van der Waals surface area contributed by atoms with Gasteiger partial charge in [-0.3, -0.25) is 9.78 Å². The second kappa shape index (κ2) is 5.30. The van der Waals surface area contributed by atoms with Crippen molar-refractivity contribution < 1.29 is 4.79 Å². The van der Waals surface area contributed by atoms with Crippen molar-refractivity contribution in [2.75, 3.05) is 6.54 Å². The van der Waals surface area contributed by atoms with Crippen molar-refractivity contribution in [2.45, 2.75) is 45.6 Å². The van der Waals surface area contributed by atoms with E-state index in [-0.39, 0.29) is 5.91 Å². The fraction of sp³-hybridized carbons (Fsp3) is 0.571. The van der Waals surface area contributed by atoms with Gasteiger partial charge in [0.1, 0.15) is 0 Å². The van der Waals surface area contributed by atoms with E-state index in [0.717, 1.165) is 37.1 Å². The average Bonchev–Trinajstić information content (AvgIpc) is 2.39. The second-order valence-electron chi connectivity index (χ2n) is 4.74. The Kier molecular flexibility index (Phi) is 3.77. The number of likely N-dealkylation sites (tertiary alicyclic amines) is 1. The fourth-order valence-electron chi connectivity index (χ4n) is 2.33. The topological polar surface area (TPSA) is 33.2 Å². The predicted octanol–water partition coefficient (Wildman–Crippen LogP) is 2.66. The van der Waals surface area contributed by atoms with Crippen LogP contribution < -0.4 is 0 Å². The summed E-state index contributed by atoms with van der Waals surface area (Å²) in [5.41, 5.74) is 1.75. The van der Waals surface area contributed by atoms with Gasteiger partial charge >= 0.3 is 0 Å². The number of hydrogen-bond acceptors (Lipinski definition) is 2. The third-order valence-electron chi connectivity index (χ3n) is 3.50. The van der Waals surface area contributed by atoms with Crippen LogP contribution in [0.15, 0.2) is 18.3 Å². The maximum Gasteiger partial charge on any atom is 0.255 e. The van der Waals surface area contributed by atoms with Crippen LogP contribution in [-0.2, 0) is 6.42 Å². The molecule has 1 aliphatic rings. The Morgan fingerprint density at radius 3 is 2.88 bits per heavy atom.